The van der Waals surface area contributed by atoms with Gasteiger partial charge in [-0.15, -0.1) is 0 Å². The predicted octanol–water partition coefficient (Wildman–Crippen LogP) is 3.41. The van der Waals surface area contributed by atoms with Crippen molar-refractivity contribution in [3.8, 4) is 0 Å². The van der Waals surface area contributed by atoms with E-state index >= 15 is 0 Å². The van der Waals surface area contributed by atoms with Crippen LogP contribution in [-0.4, -0.2) is 29.3 Å². The lowest BCUT2D eigenvalue weighted by atomic mass is 10.1. The summed E-state index contributed by atoms with van der Waals surface area (Å²) in [5, 5.41) is 2.74. The zero-order valence-corrected chi connectivity index (χ0v) is 16.5. The number of aryl methyl sites for hydroxylation is 2. The Labute approximate surface area is 167 Å². The maximum Gasteiger partial charge on any atom is 0.344 e. The van der Waals surface area contributed by atoms with Crippen LogP contribution in [0.15, 0.2) is 47.4 Å². The molecule has 2 aromatic rings. The quantitative estimate of drug-likeness (QED) is 0.802. The molecule has 0 radical (unpaired) electrons. The molecule has 0 aliphatic carbocycles. The Morgan fingerprint density at radius 1 is 1.18 bits per heavy atom. The number of carbonyl (C=O) groups excluding carboxylic acids is 3. The molecule has 2 aliphatic heterocycles. The number of hydrogen-bond donors (Lipinski definition) is 1. The molecular formula is C21H20N2O4S. The van der Waals surface area contributed by atoms with Gasteiger partial charge in [0.25, 0.3) is 5.91 Å². The van der Waals surface area contributed by atoms with Gasteiger partial charge in [0.05, 0.1) is 5.69 Å². The fourth-order valence-electron chi connectivity index (χ4n) is 3.53. The highest BCUT2D eigenvalue weighted by atomic mass is 32.2. The van der Waals surface area contributed by atoms with Crippen LogP contribution in [-0.2, 0) is 19.1 Å². The van der Waals surface area contributed by atoms with Gasteiger partial charge in [-0.3, -0.25) is 14.5 Å². The number of fused-ring (bicyclic) bond motifs is 3. The zero-order chi connectivity index (χ0) is 19.9. The third kappa shape index (κ3) is 3.05. The van der Waals surface area contributed by atoms with Crippen molar-refractivity contribution in [1.82, 2.24) is 0 Å². The summed E-state index contributed by atoms with van der Waals surface area (Å²) in [5.74, 6) is -1.08. The van der Waals surface area contributed by atoms with Crippen molar-refractivity contribution in [2.75, 3.05) is 16.8 Å². The number of esters is 1. The molecule has 2 heterocycles. The standard InChI is InChI=1S/C21H20N2O4S/c1-13-7-8-15(11-14(13)2)22-18(24)12-27-20(26)21-10-9-19(25)23(21)16-5-3-4-6-17(16)28-21/h3-8,11H,9-10,12H2,1-2H3,(H,22,24)/t21-/m0/s1. The number of nitrogens with zero attached hydrogens (tertiary/aromatic N) is 1. The molecule has 1 saturated heterocycles. The van der Waals surface area contributed by atoms with Crippen molar-refractivity contribution in [2.45, 2.75) is 36.5 Å². The van der Waals surface area contributed by atoms with Crippen LogP contribution in [0.25, 0.3) is 0 Å². The number of benzene rings is 2. The fourth-order valence-corrected chi connectivity index (χ4v) is 4.94. The second kappa shape index (κ2) is 6.98. The molecule has 4 rings (SSSR count). The molecule has 1 N–H and O–H groups in total. The molecule has 2 aromatic carbocycles. The zero-order valence-electron chi connectivity index (χ0n) is 15.7. The lowest BCUT2D eigenvalue weighted by Crippen LogP contribution is -2.48. The van der Waals surface area contributed by atoms with E-state index in [9.17, 15) is 14.4 Å². The summed E-state index contributed by atoms with van der Waals surface area (Å²) in [5.41, 5.74) is 3.58. The van der Waals surface area contributed by atoms with E-state index in [0.717, 1.165) is 21.7 Å². The van der Waals surface area contributed by atoms with Crippen molar-refractivity contribution >= 4 is 40.9 Å². The van der Waals surface area contributed by atoms with E-state index in [1.165, 1.54) is 16.7 Å². The topological polar surface area (TPSA) is 75.7 Å². The maximum atomic E-state index is 12.9. The largest absolute Gasteiger partial charge is 0.453 e. The average Bonchev–Trinajstić information content (AvgIpc) is 3.18. The second-order valence-corrected chi connectivity index (χ2v) is 8.33. The SMILES string of the molecule is Cc1ccc(NC(=O)COC(=O)[C@@]23CCC(=O)N2c2ccccc2S3)cc1C. The van der Waals surface area contributed by atoms with E-state index in [1.807, 2.05) is 56.3 Å². The monoisotopic (exact) mass is 396 g/mol. The third-order valence-corrected chi connectivity index (χ3v) is 6.57. The highest BCUT2D eigenvalue weighted by Crippen LogP contribution is 2.56. The first-order valence-corrected chi connectivity index (χ1v) is 9.88. The smallest absolute Gasteiger partial charge is 0.344 e. The third-order valence-electron chi connectivity index (χ3n) is 5.12. The van der Waals surface area contributed by atoms with Gasteiger partial charge in [0.1, 0.15) is 0 Å². The van der Waals surface area contributed by atoms with Gasteiger partial charge in [-0.25, -0.2) is 4.79 Å². The highest BCUT2D eigenvalue weighted by Gasteiger charge is 2.58. The summed E-state index contributed by atoms with van der Waals surface area (Å²) in [6.07, 6.45) is 0.647. The average molecular weight is 396 g/mol. The molecule has 1 fully saturated rings. The number of hydrogen-bond acceptors (Lipinski definition) is 5. The Balaban J connectivity index is 1.44. The normalized spacial score (nSPS) is 19.9. The van der Waals surface area contributed by atoms with Crippen LogP contribution in [0.4, 0.5) is 11.4 Å². The lowest BCUT2D eigenvalue weighted by Gasteiger charge is -2.28. The number of carbonyl (C=O) groups is 3. The van der Waals surface area contributed by atoms with E-state index in [-0.39, 0.29) is 12.3 Å². The maximum absolute atomic E-state index is 12.9. The van der Waals surface area contributed by atoms with E-state index in [1.54, 1.807) is 0 Å². The van der Waals surface area contributed by atoms with Crippen LogP contribution in [0.5, 0.6) is 0 Å². The number of amides is 2. The Hall–Kier alpha value is -2.80. The molecule has 144 valence electrons. The molecular weight excluding hydrogens is 376 g/mol. The van der Waals surface area contributed by atoms with Crippen LogP contribution in [0, 0.1) is 13.8 Å². The van der Waals surface area contributed by atoms with Crippen molar-refractivity contribution in [3.63, 3.8) is 0 Å². The van der Waals surface area contributed by atoms with Gasteiger partial charge in [-0.2, -0.15) is 0 Å². The first-order chi connectivity index (χ1) is 13.4. The van der Waals surface area contributed by atoms with Gasteiger partial charge >= 0.3 is 5.97 Å². The van der Waals surface area contributed by atoms with Gasteiger partial charge in [-0.1, -0.05) is 30.0 Å². The molecule has 6 nitrogen and oxygen atoms in total. The van der Waals surface area contributed by atoms with Crippen LogP contribution in [0.2, 0.25) is 0 Å². The molecule has 0 spiro atoms. The Morgan fingerprint density at radius 3 is 2.75 bits per heavy atom. The number of thioether (sulfide) groups is 1. The number of rotatable bonds is 4. The van der Waals surface area contributed by atoms with Crippen molar-refractivity contribution in [3.05, 3.63) is 53.6 Å². The summed E-state index contributed by atoms with van der Waals surface area (Å²) < 4.78 is 5.33. The Kier molecular flexibility index (Phi) is 4.63. The van der Waals surface area contributed by atoms with Gasteiger partial charge in [0, 0.05) is 23.4 Å². The minimum atomic E-state index is -1.11. The minimum Gasteiger partial charge on any atom is -0.453 e. The number of nitrogens with one attached hydrogen (secondary N) is 1. The van der Waals surface area contributed by atoms with Crippen LogP contribution >= 0.6 is 11.8 Å². The summed E-state index contributed by atoms with van der Waals surface area (Å²) >= 11 is 1.32. The Morgan fingerprint density at radius 2 is 1.96 bits per heavy atom. The number of anilines is 2. The molecule has 2 amide bonds. The Bertz CT molecular complexity index is 990. The van der Waals surface area contributed by atoms with Crippen molar-refractivity contribution in [2.24, 2.45) is 0 Å². The molecule has 2 aliphatic rings. The van der Waals surface area contributed by atoms with Crippen molar-refractivity contribution in [1.29, 1.82) is 0 Å². The minimum absolute atomic E-state index is 0.103. The summed E-state index contributed by atoms with van der Waals surface area (Å²) in [4.78, 5) is 38.8. The van der Waals surface area contributed by atoms with E-state index < -0.39 is 23.4 Å². The van der Waals surface area contributed by atoms with Gasteiger partial charge in [0.2, 0.25) is 5.91 Å². The lowest BCUT2D eigenvalue weighted by molar-refractivity contribution is -0.149. The molecule has 1 atom stereocenters. The molecule has 0 saturated carbocycles. The second-order valence-electron chi connectivity index (χ2n) is 7.01. The summed E-state index contributed by atoms with van der Waals surface area (Å²) in [6, 6.07) is 13.0. The molecule has 0 aromatic heterocycles. The molecule has 28 heavy (non-hydrogen) atoms. The first kappa shape index (κ1) is 18.6. The summed E-state index contributed by atoms with van der Waals surface area (Å²) in [7, 11) is 0. The van der Waals surface area contributed by atoms with Gasteiger partial charge in [-0.05, 0) is 49.2 Å². The number of ether oxygens (including phenoxy) is 1. The molecule has 0 bridgehead atoms. The number of para-hydroxylation sites is 1. The predicted molar refractivity (Wildman–Crippen MR) is 107 cm³/mol. The van der Waals surface area contributed by atoms with Crippen LogP contribution in [0.1, 0.15) is 24.0 Å². The van der Waals surface area contributed by atoms with Crippen LogP contribution in [0.3, 0.4) is 0 Å². The first-order valence-electron chi connectivity index (χ1n) is 9.06. The van der Waals surface area contributed by atoms with Gasteiger partial charge in [0.15, 0.2) is 11.5 Å². The van der Waals surface area contributed by atoms with Crippen LogP contribution < -0.4 is 10.2 Å². The van der Waals surface area contributed by atoms with E-state index in [2.05, 4.69) is 5.32 Å². The van der Waals surface area contributed by atoms with Gasteiger partial charge < -0.3 is 10.1 Å². The molecule has 7 heteroatoms. The van der Waals surface area contributed by atoms with E-state index in [0.29, 0.717) is 12.1 Å². The van der Waals surface area contributed by atoms with E-state index in [4.69, 9.17) is 4.74 Å². The molecule has 0 unspecified atom stereocenters. The summed E-state index contributed by atoms with van der Waals surface area (Å²) in [6.45, 7) is 3.56. The van der Waals surface area contributed by atoms with Crippen molar-refractivity contribution < 1.29 is 19.1 Å². The highest BCUT2D eigenvalue weighted by molar-refractivity contribution is 8.02. The fraction of sp³-hybridized carbons (Fsp3) is 0.286.